The first-order chi connectivity index (χ1) is 9.59. The lowest BCUT2D eigenvalue weighted by molar-refractivity contribution is 0.0697. The minimum absolute atomic E-state index is 0.0712. The first-order valence-electron chi connectivity index (χ1n) is 5.79. The largest absolute Gasteiger partial charge is 0.477 e. The van der Waals surface area contributed by atoms with Crippen LogP contribution in [0.1, 0.15) is 22.0 Å². The Morgan fingerprint density at radius 3 is 2.85 bits per heavy atom. The molecule has 1 atom stereocenters. The van der Waals surface area contributed by atoms with Gasteiger partial charge in [-0.2, -0.15) is 0 Å². The molecule has 0 amide bonds. The number of halogens is 1. The molecule has 2 rings (SSSR count). The summed E-state index contributed by atoms with van der Waals surface area (Å²) in [6, 6.07) is 5.83. The Balaban J connectivity index is 2.10. The van der Waals surface area contributed by atoms with Crippen LogP contribution in [0.5, 0.6) is 0 Å². The fraction of sp³-hybridized carbons (Fsp3) is 0.154. The van der Waals surface area contributed by atoms with Crippen LogP contribution in [0.4, 0.5) is 10.2 Å². The molecule has 0 spiro atoms. The Bertz CT molecular complexity index is 621. The summed E-state index contributed by atoms with van der Waals surface area (Å²) >= 11 is 0. The van der Waals surface area contributed by atoms with Gasteiger partial charge in [-0.1, -0.05) is 18.2 Å². The zero-order valence-corrected chi connectivity index (χ0v) is 10.3. The molecular formula is C13H12FN3O3. The molecule has 20 heavy (non-hydrogen) atoms. The SMILES string of the molecule is O=C(O)c1cncnc1NC[C@@H](O)c1ccccc1F. The van der Waals surface area contributed by atoms with E-state index >= 15 is 0 Å². The molecule has 0 bridgehead atoms. The summed E-state index contributed by atoms with van der Waals surface area (Å²) < 4.78 is 13.5. The zero-order chi connectivity index (χ0) is 14.5. The summed E-state index contributed by atoms with van der Waals surface area (Å²) in [5.74, 6) is -1.64. The topological polar surface area (TPSA) is 95.3 Å². The Labute approximate surface area is 113 Å². The molecular weight excluding hydrogens is 265 g/mol. The molecule has 1 aromatic carbocycles. The number of aromatic carboxylic acids is 1. The first-order valence-corrected chi connectivity index (χ1v) is 5.79. The number of hydrogen-bond donors (Lipinski definition) is 3. The van der Waals surface area contributed by atoms with Crippen LogP contribution in [0, 0.1) is 5.82 Å². The lowest BCUT2D eigenvalue weighted by Crippen LogP contribution is -2.16. The van der Waals surface area contributed by atoms with Crippen molar-refractivity contribution in [2.45, 2.75) is 6.10 Å². The minimum atomic E-state index is -1.19. The standard InChI is InChI=1S/C13H12FN3O3/c14-10-4-2-1-3-8(10)11(18)6-16-12-9(13(19)20)5-15-7-17-12/h1-5,7,11,18H,6H2,(H,19,20)(H,15,16,17)/t11-/m1/s1. The molecule has 0 aliphatic heterocycles. The number of aromatic nitrogens is 2. The van der Waals surface area contributed by atoms with Crippen molar-refractivity contribution in [1.82, 2.24) is 9.97 Å². The van der Waals surface area contributed by atoms with E-state index in [0.29, 0.717) is 0 Å². The molecule has 0 aliphatic rings. The number of benzene rings is 1. The van der Waals surface area contributed by atoms with Crippen LogP contribution in [0.3, 0.4) is 0 Å². The molecule has 0 saturated heterocycles. The van der Waals surface area contributed by atoms with Gasteiger partial charge in [0.2, 0.25) is 0 Å². The van der Waals surface area contributed by atoms with Crippen molar-refractivity contribution in [1.29, 1.82) is 0 Å². The highest BCUT2D eigenvalue weighted by molar-refractivity contribution is 5.92. The summed E-state index contributed by atoms with van der Waals surface area (Å²) in [5, 5.41) is 21.5. The molecule has 1 aromatic heterocycles. The van der Waals surface area contributed by atoms with Crippen LogP contribution in [0.25, 0.3) is 0 Å². The number of rotatable bonds is 5. The molecule has 3 N–H and O–H groups in total. The number of carboxylic acids is 1. The van der Waals surface area contributed by atoms with Crippen molar-refractivity contribution in [2.24, 2.45) is 0 Å². The normalized spacial score (nSPS) is 11.9. The first kappa shape index (κ1) is 13.9. The van der Waals surface area contributed by atoms with Gasteiger partial charge >= 0.3 is 5.97 Å². The zero-order valence-electron chi connectivity index (χ0n) is 10.3. The van der Waals surface area contributed by atoms with Crippen LogP contribution in [-0.4, -0.2) is 32.7 Å². The highest BCUT2D eigenvalue weighted by atomic mass is 19.1. The van der Waals surface area contributed by atoms with E-state index in [-0.39, 0.29) is 23.5 Å². The number of nitrogens with one attached hydrogen (secondary N) is 1. The molecule has 0 fully saturated rings. The lowest BCUT2D eigenvalue weighted by Gasteiger charge is -2.14. The molecule has 0 saturated carbocycles. The molecule has 0 aliphatic carbocycles. The summed E-state index contributed by atoms with van der Waals surface area (Å²) in [7, 11) is 0. The summed E-state index contributed by atoms with van der Waals surface area (Å²) in [5.41, 5.74) is 0.0131. The third-order valence-corrected chi connectivity index (χ3v) is 2.67. The smallest absolute Gasteiger partial charge is 0.341 e. The van der Waals surface area contributed by atoms with E-state index in [0.717, 1.165) is 6.20 Å². The van der Waals surface area contributed by atoms with E-state index in [4.69, 9.17) is 5.11 Å². The molecule has 0 radical (unpaired) electrons. The van der Waals surface area contributed by atoms with Crippen LogP contribution in [0.15, 0.2) is 36.8 Å². The van der Waals surface area contributed by atoms with Crippen molar-refractivity contribution in [3.05, 3.63) is 53.7 Å². The van der Waals surface area contributed by atoms with Crippen LogP contribution < -0.4 is 5.32 Å². The van der Waals surface area contributed by atoms with Gasteiger partial charge in [0.1, 0.15) is 23.5 Å². The summed E-state index contributed by atoms with van der Waals surface area (Å²) in [4.78, 5) is 18.3. The minimum Gasteiger partial charge on any atom is -0.477 e. The average Bonchev–Trinajstić information content (AvgIpc) is 2.45. The molecule has 6 nitrogen and oxygen atoms in total. The van der Waals surface area contributed by atoms with Gasteiger partial charge in [0, 0.05) is 18.3 Å². The molecule has 2 aromatic rings. The van der Waals surface area contributed by atoms with E-state index in [9.17, 15) is 14.3 Å². The Kier molecular flexibility index (Phi) is 4.21. The van der Waals surface area contributed by atoms with Crippen molar-refractivity contribution >= 4 is 11.8 Å². The fourth-order valence-corrected chi connectivity index (χ4v) is 1.68. The number of anilines is 1. The van der Waals surface area contributed by atoms with E-state index in [2.05, 4.69) is 15.3 Å². The van der Waals surface area contributed by atoms with Crippen molar-refractivity contribution in [3.8, 4) is 0 Å². The van der Waals surface area contributed by atoms with Crippen molar-refractivity contribution in [3.63, 3.8) is 0 Å². The number of hydrogen-bond acceptors (Lipinski definition) is 5. The number of aliphatic hydroxyl groups is 1. The molecule has 7 heteroatoms. The Morgan fingerprint density at radius 1 is 1.40 bits per heavy atom. The predicted molar refractivity (Wildman–Crippen MR) is 68.8 cm³/mol. The monoisotopic (exact) mass is 277 g/mol. The number of nitrogens with zero attached hydrogens (tertiary/aromatic N) is 2. The van der Waals surface area contributed by atoms with Gasteiger partial charge in [0.15, 0.2) is 0 Å². The van der Waals surface area contributed by atoms with Crippen LogP contribution in [0.2, 0.25) is 0 Å². The number of aliphatic hydroxyl groups excluding tert-OH is 1. The molecule has 104 valence electrons. The van der Waals surface area contributed by atoms with Gasteiger partial charge in [-0.3, -0.25) is 0 Å². The van der Waals surface area contributed by atoms with E-state index in [1.807, 2.05) is 0 Å². The van der Waals surface area contributed by atoms with Crippen molar-refractivity contribution < 1.29 is 19.4 Å². The van der Waals surface area contributed by atoms with Crippen molar-refractivity contribution in [2.75, 3.05) is 11.9 Å². The third-order valence-electron chi connectivity index (χ3n) is 2.67. The second-order valence-corrected chi connectivity index (χ2v) is 4.01. The number of carbonyl (C=O) groups is 1. The van der Waals surface area contributed by atoms with Gasteiger partial charge < -0.3 is 15.5 Å². The molecule has 1 heterocycles. The quantitative estimate of drug-likeness (QED) is 0.765. The maximum absolute atomic E-state index is 13.5. The fourth-order valence-electron chi connectivity index (χ4n) is 1.68. The predicted octanol–water partition coefficient (Wildman–Crippen LogP) is 1.46. The second kappa shape index (κ2) is 6.07. The van der Waals surface area contributed by atoms with E-state index in [1.165, 1.54) is 24.5 Å². The third kappa shape index (κ3) is 3.07. The maximum atomic E-state index is 13.5. The van der Waals surface area contributed by atoms with Crippen LogP contribution >= 0.6 is 0 Å². The Morgan fingerprint density at radius 2 is 2.15 bits per heavy atom. The second-order valence-electron chi connectivity index (χ2n) is 4.01. The highest BCUT2D eigenvalue weighted by Gasteiger charge is 2.15. The lowest BCUT2D eigenvalue weighted by atomic mass is 10.1. The van der Waals surface area contributed by atoms with Crippen LogP contribution in [-0.2, 0) is 0 Å². The van der Waals surface area contributed by atoms with Gasteiger partial charge in [-0.25, -0.2) is 19.2 Å². The average molecular weight is 277 g/mol. The maximum Gasteiger partial charge on any atom is 0.341 e. The Hall–Kier alpha value is -2.54. The summed E-state index contributed by atoms with van der Waals surface area (Å²) in [6.45, 7) is -0.0712. The summed E-state index contributed by atoms with van der Waals surface area (Å²) in [6.07, 6.45) is 1.21. The van der Waals surface area contributed by atoms with Gasteiger partial charge in [-0.05, 0) is 6.07 Å². The van der Waals surface area contributed by atoms with Gasteiger partial charge in [0.05, 0.1) is 6.10 Å². The van der Waals surface area contributed by atoms with Gasteiger partial charge in [0.25, 0.3) is 0 Å². The number of carboxylic acid groups (broad SMARTS) is 1. The van der Waals surface area contributed by atoms with Gasteiger partial charge in [-0.15, -0.1) is 0 Å². The molecule has 0 unspecified atom stereocenters. The van der Waals surface area contributed by atoms with E-state index < -0.39 is 17.9 Å². The van der Waals surface area contributed by atoms with E-state index in [1.54, 1.807) is 6.07 Å². The highest BCUT2D eigenvalue weighted by Crippen LogP contribution is 2.18.